The van der Waals surface area contributed by atoms with Crippen molar-refractivity contribution < 1.29 is 37.3 Å². The second-order valence-corrected chi connectivity index (χ2v) is 17.9. The molecular weight excluding hydrogens is 734 g/mol. The van der Waals surface area contributed by atoms with Crippen LogP contribution in [0.2, 0.25) is 0 Å². The summed E-state index contributed by atoms with van der Waals surface area (Å²) in [6.45, 7) is 5.47. The molecule has 0 spiro atoms. The summed E-state index contributed by atoms with van der Waals surface area (Å²) in [6, 6.07) is 0. The first-order chi connectivity index (χ1) is 27.6. The maximum atomic E-state index is 12.7. The highest BCUT2D eigenvalue weighted by molar-refractivity contribution is 7.47. The maximum absolute atomic E-state index is 12.7. The fraction of sp³-hybridized carbons (Fsp3) is 0.771. The van der Waals surface area contributed by atoms with Gasteiger partial charge in [-0.05, 0) is 57.8 Å². The summed E-state index contributed by atoms with van der Waals surface area (Å²) < 4.78 is 35.0. The molecule has 0 bridgehead atoms. The summed E-state index contributed by atoms with van der Waals surface area (Å²) in [5.74, 6) is -0.344. The van der Waals surface area contributed by atoms with Crippen LogP contribution in [0.15, 0.2) is 60.8 Å². The highest BCUT2D eigenvalue weighted by Gasteiger charge is 2.26. The molecule has 0 aliphatic heterocycles. The van der Waals surface area contributed by atoms with Crippen molar-refractivity contribution in [3.05, 3.63) is 60.8 Å². The fourth-order valence-corrected chi connectivity index (χ4v) is 6.79. The molecule has 2 atom stereocenters. The van der Waals surface area contributed by atoms with E-state index in [2.05, 4.69) is 74.6 Å². The Morgan fingerprint density at radius 3 is 1.51 bits per heavy atom. The average molecular weight is 823 g/mol. The van der Waals surface area contributed by atoms with Gasteiger partial charge in [0.15, 0.2) is 0 Å². The van der Waals surface area contributed by atoms with Gasteiger partial charge in [0.1, 0.15) is 19.3 Å². The number of rotatable bonds is 42. The third-order valence-electron chi connectivity index (χ3n) is 9.59. The zero-order chi connectivity index (χ0) is 42.0. The van der Waals surface area contributed by atoms with Crippen LogP contribution in [0.1, 0.15) is 181 Å². The summed E-state index contributed by atoms with van der Waals surface area (Å²) in [5.41, 5.74) is 0. The second-order valence-electron chi connectivity index (χ2n) is 16.4. The number of ether oxygens (including phenoxy) is 2. The number of phosphoric acid groups is 1. The monoisotopic (exact) mass is 823 g/mol. The third-order valence-corrected chi connectivity index (χ3v) is 10.6. The molecule has 9 heteroatoms. The number of esters is 1. The Bertz CT molecular complexity index is 1090. The largest absolute Gasteiger partial charge is 0.472 e. The minimum absolute atomic E-state index is 0.0805. The van der Waals surface area contributed by atoms with Gasteiger partial charge < -0.3 is 18.9 Å². The van der Waals surface area contributed by atoms with E-state index in [1.54, 1.807) is 0 Å². The van der Waals surface area contributed by atoms with Crippen LogP contribution in [0.25, 0.3) is 0 Å². The molecular formula is C48H89NO7P+. The van der Waals surface area contributed by atoms with Gasteiger partial charge in [0.25, 0.3) is 0 Å². The minimum Gasteiger partial charge on any atom is -0.457 e. The highest BCUT2D eigenvalue weighted by Crippen LogP contribution is 2.43. The van der Waals surface area contributed by atoms with E-state index in [1.165, 1.54) is 89.9 Å². The summed E-state index contributed by atoms with van der Waals surface area (Å²) in [5, 5.41) is 0. The number of nitrogens with zero attached hydrogens (tertiary/aromatic N) is 1. The van der Waals surface area contributed by atoms with Gasteiger partial charge in [0.2, 0.25) is 0 Å². The molecule has 0 aromatic rings. The Balaban J connectivity index is 4.28. The number of phosphoric ester groups is 1. The lowest BCUT2D eigenvalue weighted by Crippen LogP contribution is -2.37. The first kappa shape index (κ1) is 55.2. The van der Waals surface area contributed by atoms with E-state index in [0.717, 1.165) is 70.6 Å². The smallest absolute Gasteiger partial charge is 0.457 e. The summed E-state index contributed by atoms with van der Waals surface area (Å²) in [7, 11) is 1.64. The van der Waals surface area contributed by atoms with Crippen LogP contribution in [0, 0.1) is 0 Å². The Labute approximate surface area is 351 Å². The number of hydrogen-bond donors (Lipinski definition) is 1. The zero-order valence-electron chi connectivity index (χ0n) is 37.6. The van der Waals surface area contributed by atoms with Crippen molar-refractivity contribution in [1.82, 2.24) is 0 Å². The lowest BCUT2D eigenvalue weighted by atomic mass is 10.0. The van der Waals surface area contributed by atoms with E-state index >= 15 is 0 Å². The molecule has 0 aromatic carbocycles. The molecule has 57 heavy (non-hydrogen) atoms. The number of likely N-dealkylation sites (N-methyl/N-ethyl adjacent to an activating group) is 1. The van der Waals surface area contributed by atoms with Gasteiger partial charge in [-0.1, -0.05) is 177 Å². The number of carbonyl (C=O) groups excluding carboxylic acids is 1. The Hall–Kier alpha value is -1.80. The quantitative estimate of drug-likeness (QED) is 0.0215. The standard InChI is InChI=1S/C48H88NO7P/c1-6-8-10-12-14-16-18-20-22-24-25-26-27-29-31-33-35-37-39-41-48(50)56-47(46-55-57(51,52)54-44-42-49(3,4)5)45-53-43-40-38-36-34-32-30-28-23-21-19-17-15-13-11-9-7-2/h8,10,14,16,20,22,25-26,29,31,47H,6-7,9,11-13,15,17-19,21,23-24,27-28,30,32-46H2,1-5H3/p+1/b10-8+,16-14+,22-20+,26-25+,31-29+. The van der Waals surface area contributed by atoms with E-state index < -0.39 is 13.9 Å². The number of carbonyl (C=O) groups is 1. The summed E-state index contributed by atoms with van der Waals surface area (Å²) in [6.07, 6.45) is 51.1. The molecule has 0 heterocycles. The van der Waals surface area contributed by atoms with Crippen molar-refractivity contribution in [3.8, 4) is 0 Å². The van der Waals surface area contributed by atoms with Gasteiger partial charge in [-0.2, -0.15) is 0 Å². The molecule has 0 saturated heterocycles. The zero-order valence-corrected chi connectivity index (χ0v) is 38.5. The number of allylic oxidation sites excluding steroid dienone is 10. The number of unbranched alkanes of at least 4 members (excludes halogenated alkanes) is 18. The van der Waals surface area contributed by atoms with Crippen LogP contribution in [0.4, 0.5) is 0 Å². The van der Waals surface area contributed by atoms with Crippen LogP contribution in [-0.2, 0) is 27.9 Å². The van der Waals surface area contributed by atoms with Crippen molar-refractivity contribution in [2.75, 3.05) is 54.1 Å². The Kier molecular flexibility index (Phi) is 39.7. The molecule has 0 aromatic heterocycles. The fourth-order valence-electron chi connectivity index (χ4n) is 6.05. The van der Waals surface area contributed by atoms with Gasteiger partial charge >= 0.3 is 13.8 Å². The first-order valence-electron chi connectivity index (χ1n) is 23.0. The third kappa shape index (κ3) is 45.1. The Morgan fingerprint density at radius 2 is 1.02 bits per heavy atom. The van der Waals surface area contributed by atoms with Crippen molar-refractivity contribution in [1.29, 1.82) is 0 Å². The molecule has 0 radical (unpaired) electrons. The second kappa shape index (κ2) is 41.0. The van der Waals surface area contributed by atoms with Gasteiger partial charge in [0.05, 0.1) is 34.4 Å². The van der Waals surface area contributed by atoms with Gasteiger partial charge in [-0.25, -0.2) is 4.57 Å². The van der Waals surface area contributed by atoms with Gasteiger partial charge in [0, 0.05) is 13.0 Å². The lowest BCUT2D eigenvalue weighted by Gasteiger charge is -2.24. The predicted molar refractivity (Wildman–Crippen MR) is 242 cm³/mol. The SMILES string of the molecule is CC/C=C/C/C=C/C/C=C/C/C=C/C/C=C/CCCCCC(=O)OC(COCCCCCCCCCCCCCCCCCC)COP(=O)(O)OCC[N+](C)(C)C. The average Bonchev–Trinajstić information content (AvgIpc) is 3.16. The summed E-state index contributed by atoms with van der Waals surface area (Å²) in [4.78, 5) is 22.9. The van der Waals surface area contributed by atoms with Crippen LogP contribution < -0.4 is 0 Å². The van der Waals surface area contributed by atoms with Crippen LogP contribution >= 0.6 is 7.82 Å². The molecule has 0 aliphatic carbocycles. The van der Waals surface area contributed by atoms with Crippen LogP contribution in [-0.4, -0.2) is 75.6 Å². The molecule has 2 unspecified atom stereocenters. The maximum Gasteiger partial charge on any atom is 0.472 e. The van der Waals surface area contributed by atoms with Crippen molar-refractivity contribution >= 4 is 13.8 Å². The lowest BCUT2D eigenvalue weighted by molar-refractivity contribution is -0.870. The number of hydrogen-bond acceptors (Lipinski definition) is 6. The van der Waals surface area contributed by atoms with Crippen molar-refractivity contribution in [3.63, 3.8) is 0 Å². The van der Waals surface area contributed by atoms with Gasteiger partial charge in [-0.15, -0.1) is 0 Å². The van der Waals surface area contributed by atoms with Crippen molar-refractivity contribution in [2.24, 2.45) is 0 Å². The molecule has 0 fully saturated rings. The van der Waals surface area contributed by atoms with E-state index in [-0.39, 0.29) is 32.2 Å². The molecule has 0 rings (SSSR count). The number of quaternary nitrogens is 1. The molecule has 0 amide bonds. The molecule has 1 N–H and O–H groups in total. The molecule has 0 saturated carbocycles. The van der Waals surface area contributed by atoms with E-state index in [9.17, 15) is 14.3 Å². The summed E-state index contributed by atoms with van der Waals surface area (Å²) >= 11 is 0. The van der Waals surface area contributed by atoms with E-state index in [0.29, 0.717) is 17.6 Å². The van der Waals surface area contributed by atoms with Crippen LogP contribution in [0.3, 0.4) is 0 Å². The Morgan fingerprint density at radius 1 is 0.561 bits per heavy atom. The van der Waals surface area contributed by atoms with Crippen molar-refractivity contribution in [2.45, 2.75) is 187 Å². The van der Waals surface area contributed by atoms with E-state index in [4.69, 9.17) is 18.5 Å². The molecule has 8 nitrogen and oxygen atoms in total. The van der Waals surface area contributed by atoms with Gasteiger partial charge in [-0.3, -0.25) is 13.8 Å². The first-order valence-corrected chi connectivity index (χ1v) is 24.5. The minimum atomic E-state index is -4.29. The topological polar surface area (TPSA) is 91.3 Å². The molecule has 332 valence electrons. The van der Waals surface area contributed by atoms with E-state index in [1.807, 2.05) is 21.1 Å². The van der Waals surface area contributed by atoms with Crippen LogP contribution in [0.5, 0.6) is 0 Å². The highest BCUT2D eigenvalue weighted by atomic mass is 31.2. The predicted octanol–water partition coefficient (Wildman–Crippen LogP) is 13.7. The molecule has 0 aliphatic rings. The normalized spacial score (nSPS) is 14.3.